The average molecular weight is 330 g/mol. The smallest absolute Gasteiger partial charge is 0.0661 e. The minimum atomic E-state index is -0.0621. The summed E-state index contributed by atoms with van der Waals surface area (Å²) in [7, 11) is 0. The summed E-state index contributed by atoms with van der Waals surface area (Å²) in [6, 6.07) is 2.65. The maximum Gasteiger partial charge on any atom is 0.0661 e. The standard InChI is InChI=1S/C22H35NO/c1-4-15-17-8-6-16-18-7-5-14(13-23)21(18,2)11-9-19(16)22(17,3)12-10-20(15)24/h14-20,24H,4-12H2,1-3H3/t14-,15-,16+,17?,18?,19?,20-,21-,22+/m1/s1. The normalized spacial score (nSPS) is 56.7. The van der Waals surface area contributed by atoms with Gasteiger partial charge in [-0.1, -0.05) is 27.2 Å². The van der Waals surface area contributed by atoms with Crippen molar-refractivity contribution in [1.82, 2.24) is 0 Å². The van der Waals surface area contributed by atoms with E-state index in [1.165, 1.54) is 38.5 Å². The quantitative estimate of drug-likeness (QED) is 0.721. The molecular formula is C22H35NO. The number of aliphatic hydroxyl groups excluding tert-OH is 1. The Morgan fingerprint density at radius 2 is 1.58 bits per heavy atom. The number of hydrogen-bond donors (Lipinski definition) is 1. The first-order valence-corrected chi connectivity index (χ1v) is 10.5. The molecule has 2 heteroatoms. The largest absolute Gasteiger partial charge is 0.393 e. The lowest BCUT2D eigenvalue weighted by atomic mass is 9.43. The van der Waals surface area contributed by atoms with Gasteiger partial charge in [0.05, 0.1) is 18.1 Å². The van der Waals surface area contributed by atoms with E-state index in [0.717, 1.165) is 42.9 Å². The molecule has 0 heterocycles. The van der Waals surface area contributed by atoms with E-state index in [1.54, 1.807) is 0 Å². The zero-order valence-corrected chi connectivity index (χ0v) is 15.8. The fraction of sp³-hybridized carbons (Fsp3) is 0.955. The minimum absolute atomic E-state index is 0.0621. The Labute approximate surface area is 148 Å². The van der Waals surface area contributed by atoms with Gasteiger partial charge in [0.15, 0.2) is 0 Å². The van der Waals surface area contributed by atoms with E-state index in [9.17, 15) is 10.4 Å². The molecule has 134 valence electrons. The number of rotatable bonds is 1. The Balaban J connectivity index is 1.64. The molecule has 0 aromatic rings. The van der Waals surface area contributed by atoms with E-state index in [-0.39, 0.29) is 11.5 Å². The van der Waals surface area contributed by atoms with Crippen LogP contribution in [0.1, 0.15) is 78.6 Å². The molecule has 4 aliphatic carbocycles. The Morgan fingerprint density at radius 1 is 0.917 bits per heavy atom. The molecule has 0 radical (unpaired) electrons. The highest BCUT2D eigenvalue weighted by Crippen LogP contribution is 2.68. The van der Waals surface area contributed by atoms with Gasteiger partial charge < -0.3 is 5.11 Å². The summed E-state index contributed by atoms with van der Waals surface area (Å²) in [6.07, 6.45) is 11.0. The van der Waals surface area contributed by atoms with Gasteiger partial charge in [-0.2, -0.15) is 5.26 Å². The molecule has 0 bridgehead atoms. The van der Waals surface area contributed by atoms with Crippen molar-refractivity contribution in [1.29, 1.82) is 5.26 Å². The average Bonchev–Trinajstić information content (AvgIpc) is 2.91. The molecule has 24 heavy (non-hydrogen) atoms. The number of fused-ring (bicyclic) bond motifs is 5. The summed E-state index contributed by atoms with van der Waals surface area (Å²) >= 11 is 0. The first-order chi connectivity index (χ1) is 11.5. The second-order valence-corrected chi connectivity index (χ2v) is 10.0. The fourth-order valence-corrected chi connectivity index (χ4v) is 8.27. The van der Waals surface area contributed by atoms with Gasteiger partial charge in [-0.15, -0.1) is 0 Å². The van der Waals surface area contributed by atoms with Gasteiger partial charge >= 0.3 is 0 Å². The Hall–Kier alpha value is -0.550. The Kier molecular flexibility index (Phi) is 4.03. The first kappa shape index (κ1) is 16.9. The molecular weight excluding hydrogens is 294 g/mol. The predicted molar refractivity (Wildman–Crippen MR) is 96.0 cm³/mol. The minimum Gasteiger partial charge on any atom is -0.393 e. The van der Waals surface area contributed by atoms with Crippen LogP contribution in [0.25, 0.3) is 0 Å². The van der Waals surface area contributed by atoms with Crippen molar-refractivity contribution >= 4 is 0 Å². The van der Waals surface area contributed by atoms with E-state index in [1.807, 2.05) is 0 Å². The van der Waals surface area contributed by atoms with Crippen molar-refractivity contribution in [2.45, 2.75) is 84.7 Å². The van der Waals surface area contributed by atoms with Gasteiger partial charge in [0, 0.05) is 0 Å². The van der Waals surface area contributed by atoms with Gasteiger partial charge in [0.25, 0.3) is 0 Å². The van der Waals surface area contributed by atoms with Crippen LogP contribution in [0.4, 0.5) is 0 Å². The molecule has 0 amide bonds. The summed E-state index contributed by atoms with van der Waals surface area (Å²) in [5, 5.41) is 20.2. The molecule has 3 unspecified atom stereocenters. The molecule has 4 aliphatic rings. The maximum absolute atomic E-state index is 10.5. The molecule has 4 fully saturated rings. The molecule has 4 saturated carbocycles. The lowest BCUT2D eigenvalue weighted by Gasteiger charge is -2.62. The van der Waals surface area contributed by atoms with Gasteiger partial charge in [0.2, 0.25) is 0 Å². The van der Waals surface area contributed by atoms with Gasteiger partial charge in [0.1, 0.15) is 0 Å². The topological polar surface area (TPSA) is 44.0 Å². The zero-order valence-electron chi connectivity index (χ0n) is 15.8. The van der Waals surface area contributed by atoms with E-state index < -0.39 is 0 Å². The van der Waals surface area contributed by atoms with E-state index in [2.05, 4.69) is 26.8 Å². The summed E-state index contributed by atoms with van der Waals surface area (Å²) in [4.78, 5) is 0. The van der Waals surface area contributed by atoms with Crippen molar-refractivity contribution in [3.63, 3.8) is 0 Å². The number of nitrogens with zero attached hydrogens (tertiary/aromatic N) is 1. The highest BCUT2D eigenvalue weighted by molar-refractivity contribution is 5.13. The fourth-order valence-electron chi connectivity index (χ4n) is 8.27. The number of aliphatic hydroxyl groups is 1. The summed E-state index contributed by atoms with van der Waals surface area (Å²) < 4.78 is 0. The van der Waals surface area contributed by atoms with Crippen molar-refractivity contribution < 1.29 is 5.11 Å². The van der Waals surface area contributed by atoms with Crippen LogP contribution in [0.3, 0.4) is 0 Å². The van der Waals surface area contributed by atoms with Crippen LogP contribution in [0.15, 0.2) is 0 Å². The second-order valence-electron chi connectivity index (χ2n) is 10.0. The van der Waals surface area contributed by atoms with Gasteiger partial charge in [-0.3, -0.25) is 0 Å². The molecule has 0 aliphatic heterocycles. The highest BCUT2D eigenvalue weighted by Gasteiger charge is 2.61. The van der Waals surface area contributed by atoms with E-state index in [4.69, 9.17) is 0 Å². The van der Waals surface area contributed by atoms with Crippen LogP contribution in [0, 0.1) is 57.7 Å². The molecule has 0 aromatic carbocycles. The number of nitriles is 1. The monoisotopic (exact) mass is 329 g/mol. The highest BCUT2D eigenvalue weighted by atomic mass is 16.3. The summed E-state index contributed by atoms with van der Waals surface area (Å²) in [5.41, 5.74) is 0.729. The SMILES string of the molecule is CC[C@@H]1C2CC[C@@H]3C(CC[C@@]4(C)C3CC[C@@H]4C#N)[C@@]2(C)CC[C@H]1O. The Bertz CT molecular complexity index is 539. The first-order valence-electron chi connectivity index (χ1n) is 10.5. The van der Waals surface area contributed by atoms with Crippen molar-refractivity contribution in [2.75, 3.05) is 0 Å². The van der Waals surface area contributed by atoms with E-state index in [0.29, 0.717) is 17.3 Å². The maximum atomic E-state index is 10.5. The van der Waals surface area contributed by atoms with Crippen LogP contribution < -0.4 is 0 Å². The molecule has 0 aromatic heterocycles. The van der Waals surface area contributed by atoms with E-state index >= 15 is 0 Å². The molecule has 0 spiro atoms. The van der Waals surface area contributed by atoms with Gasteiger partial charge in [-0.25, -0.2) is 0 Å². The molecule has 0 saturated heterocycles. The van der Waals surface area contributed by atoms with Crippen LogP contribution in [0.5, 0.6) is 0 Å². The lowest BCUT2D eigenvalue weighted by Crippen LogP contribution is -2.56. The third kappa shape index (κ3) is 2.09. The Morgan fingerprint density at radius 3 is 2.29 bits per heavy atom. The molecule has 1 N–H and O–H groups in total. The predicted octanol–water partition coefficient (Wildman–Crippen LogP) is 5.17. The third-order valence-electron chi connectivity index (χ3n) is 9.56. The van der Waals surface area contributed by atoms with Crippen molar-refractivity contribution in [3.8, 4) is 6.07 Å². The third-order valence-corrected chi connectivity index (χ3v) is 9.56. The van der Waals surface area contributed by atoms with Crippen LogP contribution in [-0.2, 0) is 0 Å². The van der Waals surface area contributed by atoms with Crippen LogP contribution >= 0.6 is 0 Å². The second kappa shape index (κ2) is 5.73. The van der Waals surface area contributed by atoms with Crippen LogP contribution in [-0.4, -0.2) is 11.2 Å². The molecule has 9 atom stereocenters. The van der Waals surface area contributed by atoms with Crippen molar-refractivity contribution in [2.24, 2.45) is 46.3 Å². The summed E-state index contributed by atoms with van der Waals surface area (Å²) in [6.45, 7) is 7.28. The van der Waals surface area contributed by atoms with Crippen LogP contribution in [0.2, 0.25) is 0 Å². The zero-order chi connectivity index (χ0) is 17.1. The van der Waals surface area contributed by atoms with Gasteiger partial charge in [-0.05, 0) is 91.8 Å². The molecule has 2 nitrogen and oxygen atoms in total. The molecule has 4 rings (SSSR count). The number of hydrogen-bond acceptors (Lipinski definition) is 2. The van der Waals surface area contributed by atoms with Crippen molar-refractivity contribution in [3.05, 3.63) is 0 Å². The lowest BCUT2D eigenvalue weighted by molar-refractivity contribution is -0.149. The summed E-state index contributed by atoms with van der Waals surface area (Å²) in [5.74, 6) is 4.01.